The van der Waals surface area contributed by atoms with Crippen LogP contribution in [0.25, 0.3) is 10.9 Å². The first-order chi connectivity index (χ1) is 9.17. The molecule has 0 saturated heterocycles. The van der Waals surface area contributed by atoms with Crippen molar-refractivity contribution in [2.24, 2.45) is 0 Å². The molecular formula is C13H12Cl2N2O2. The Morgan fingerprint density at radius 2 is 2.00 bits per heavy atom. The van der Waals surface area contributed by atoms with Gasteiger partial charge in [-0.15, -0.1) is 0 Å². The van der Waals surface area contributed by atoms with Gasteiger partial charge in [-0.2, -0.15) is 0 Å². The van der Waals surface area contributed by atoms with Crippen LogP contribution in [0.3, 0.4) is 0 Å². The molecule has 19 heavy (non-hydrogen) atoms. The molecule has 6 heteroatoms. The highest BCUT2D eigenvalue weighted by atomic mass is 35.5. The molecule has 3 rings (SSSR count). The molecule has 1 aliphatic rings. The van der Waals surface area contributed by atoms with Crippen molar-refractivity contribution >= 4 is 34.1 Å². The third-order valence-corrected chi connectivity index (χ3v) is 3.69. The Kier molecular flexibility index (Phi) is 3.37. The summed E-state index contributed by atoms with van der Waals surface area (Å²) in [6.45, 7) is 0. The van der Waals surface area contributed by atoms with Crippen LogP contribution in [-0.2, 0) is 0 Å². The summed E-state index contributed by atoms with van der Waals surface area (Å²) < 4.78 is 11.2. The van der Waals surface area contributed by atoms with Gasteiger partial charge in [0.15, 0.2) is 0 Å². The summed E-state index contributed by atoms with van der Waals surface area (Å²) in [5.41, 5.74) is 0.624. The highest BCUT2D eigenvalue weighted by Crippen LogP contribution is 2.37. The molecule has 1 aliphatic carbocycles. The van der Waals surface area contributed by atoms with Crippen LogP contribution in [0.5, 0.6) is 11.5 Å². The minimum atomic E-state index is 0.111. The van der Waals surface area contributed by atoms with Crippen molar-refractivity contribution < 1.29 is 9.47 Å². The molecule has 0 amide bonds. The van der Waals surface area contributed by atoms with Gasteiger partial charge < -0.3 is 9.47 Å². The average molecular weight is 299 g/mol. The molecule has 0 atom stereocenters. The number of hydrogen-bond donors (Lipinski definition) is 0. The standard InChI is InChI=1S/C13H12Cl2N2O2/c1-18-8-5-9-11(12(14)17-13(15)16-9)10(6-8)19-7-3-2-4-7/h5-7H,2-4H2,1H3. The number of halogens is 2. The van der Waals surface area contributed by atoms with Crippen LogP contribution in [0.4, 0.5) is 0 Å². The maximum atomic E-state index is 6.15. The molecule has 0 N–H and O–H groups in total. The van der Waals surface area contributed by atoms with E-state index in [9.17, 15) is 0 Å². The Labute approximate surface area is 120 Å². The molecule has 0 spiro atoms. The van der Waals surface area contributed by atoms with Gasteiger partial charge in [0.1, 0.15) is 16.7 Å². The molecule has 0 aliphatic heterocycles. The summed E-state index contributed by atoms with van der Waals surface area (Å²) in [4.78, 5) is 8.13. The first-order valence-corrected chi connectivity index (χ1v) is 6.80. The zero-order chi connectivity index (χ0) is 13.4. The Bertz CT molecular complexity index is 630. The predicted molar refractivity (Wildman–Crippen MR) is 74.4 cm³/mol. The first-order valence-electron chi connectivity index (χ1n) is 6.05. The third-order valence-electron chi connectivity index (χ3n) is 3.25. The fraction of sp³-hybridized carbons (Fsp3) is 0.385. The summed E-state index contributed by atoms with van der Waals surface area (Å²) in [6, 6.07) is 3.58. The molecule has 0 bridgehead atoms. The van der Waals surface area contributed by atoms with Crippen LogP contribution in [0.15, 0.2) is 12.1 Å². The minimum Gasteiger partial charge on any atom is -0.497 e. The lowest BCUT2D eigenvalue weighted by Crippen LogP contribution is -2.24. The van der Waals surface area contributed by atoms with E-state index in [-0.39, 0.29) is 11.4 Å². The predicted octanol–water partition coefficient (Wildman–Crippen LogP) is 3.88. The number of aromatic nitrogens is 2. The van der Waals surface area contributed by atoms with Gasteiger partial charge in [-0.3, -0.25) is 0 Å². The molecule has 100 valence electrons. The van der Waals surface area contributed by atoms with Crippen molar-refractivity contribution in [2.75, 3.05) is 7.11 Å². The van der Waals surface area contributed by atoms with Crippen LogP contribution in [0.2, 0.25) is 10.4 Å². The molecular weight excluding hydrogens is 287 g/mol. The van der Waals surface area contributed by atoms with Gasteiger partial charge in [-0.05, 0) is 30.9 Å². The van der Waals surface area contributed by atoms with Crippen molar-refractivity contribution in [2.45, 2.75) is 25.4 Å². The Morgan fingerprint density at radius 1 is 1.21 bits per heavy atom. The quantitative estimate of drug-likeness (QED) is 0.637. The van der Waals surface area contributed by atoms with Crippen molar-refractivity contribution in [3.05, 3.63) is 22.6 Å². The lowest BCUT2D eigenvalue weighted by atomic mass is 9.96. The summed E-state index contributed by atoms with van der Waals surface area (Å²) in [7, 11) is 1.60. The van der Waals surface area contributed by atoms with E-state index in [1.165, 1.54) is 6.42 Å². The largest absolute Gasteiger partial charge is 0.497 e. The highest BCUT2D eigenvalue weighted by molar-refractivity contribution is 6.36. The van der Waals surface area contributed by atoms with E-state index in [4.69, 9.17) is 32.7 Å². The second kappa shape index (κ2) is 5.02. The molecule has 1 fully saturated rings. The van der Waals surface area contributed by atoms with E-state index in [1.54, 1.807) is 13.2 Å². The number of benzene rings is 1. The zero-order valence-electron chi connectivity index (χ0n) is 10.3. The molecule has 0 unspecified atom stereocenters. The van der Waals surface area contributed by atoms with Crippen LogP contribution < -0.4 is 9.47 Å². The van der Waals surface area contributed by atoms with Crippen LogP contribution in [-0.4, -0.2) is 23.2 Å². The van der Waals surface area contributed by atoms with Gasteiger partial charge in [0.2, 0.25) is 5.28 Å². The number of hydrogen-bond acceptors (Lipinski definition) is 4. The highest BCUT2D eigenvalue weighted by Gasteiger charge is 2.22. The maximum absolute atomic E-state index is 6.15. The van der Waals surface area contributed by atoms with Gasteiger partial charge >= 0.3 is 0 Å². The van der Waals surface area contributed by atoms with Crippen molar-refractivity contribution in [1.29, 1.82) is 0 Å². The Balaban J connectivity index is 2.15. The molecule has 1 aromatic heterocycles. The van der Waals surface area contributed by atoms with E-state index in [2.05, 4.69) is 9.97 Å². The van der Waals surface area contributed by atoms with Crippen molar-refractivity contribution in [3.8, 4) is 11.5 Å². The van der Waals surface area contributed by atoms with E-state index in [0.29, 0.717) is 27.6 Å². The lowest BCUT2D eigenvalue weighted by molar-refractivity contribution is 0.122. The normalized spacial score (nSPS) is 15.3. The first kappa shape index (κ1) is 12.8. The van der Waals surface area contributed by atoms with Crippen molar-refractivity contribution in [3.63, 3.8) is 0 Å². The number of rotatable bonds is 3. The number of ether oxygens (including phenoxy) is 2. The zero-order valence-corrected chi connectivity index (χ0v) is 11.8. The van der Waals surface area contributed by atoms with Gasteiger partial charge in [-0.25, -0.2) is 9.97 Å². The topological polar surface area (TPSA) is 44.2 Å². The van der Waals surface area contributed by atoms with E-state index < -0.39 is 0 Å². The van der Waals surface area contributed by atoms with E-state index in [1.807, 2.05) is 6.07 Å². The number of methoxy groups -OCH3 is 1. The van der Waals surface area contributed by atoms with Crippen LogP contribution in [0.1, 0.15) is 19.3 Å². The second-order valence-electron chi connectivity index (χ2n) is 4.47. The third kappa shape index (κ3) is 2.42. The molecule has 1 aromatic carbocycles. The summed E-state index contributed by atoms with van der Waals surface area (Å²) in [5, 5.41) is 1.09. The van der Waals surface area contributed by atoms with E-state index >= 15 is 0 Å². The van der Waals surface area contributed by atoms with Gasteiger partial charge in [-0.1, -0.05) is 11.6 Å². The average Bonchev–Trinajstić information content (AvgIpc) is 2.32. The summed E-state index contributed by atoms with van der Waals surface area (Å²) in [6.07, 6.45) is 3.56. The Hall–Kier alpha value is -1.26. The monoisotopic (exact) mass is 298 g/mol. The van der Waals surface area contributed by atoms with Gasteiger partial charge in [0.05, 0.1) is 24.1 Å². The molecule has 4 nitrogen and oxygen atoms in total. The summed E-state index contributed by atoms with van der Waals surface area (Å²) in [5.74, 6) is 1.31. The smallest absolute Gasteiger partial charge is 0.224 e. The molecule has 2 aromatic rings. The molecule has 1 heterocycles. The minimum absolute atomic E-state index is 0.111. The SMILES string of the molecule is COc1cc(OC2CCC2)c2c(Cl)nc(Cl)nc2c1. The van der Waals surface area contributed by atoms with Gasteiger partial charge in [0.25, 0.3) is 0 Å². The second-order valence-corrected chi connectivity index (χ2v) is 5.17. The van der Waals surface area contributed by atoms with Gasteiger partial charge in [0, 0.05) is 12.1 Å². The molecule has 0 radical (unpaired) electrons. The fourth-order valence-electron chi connectivity index (χ4n) is 2.01. The fourth-order valence-corrected chi connectivity index (χ4v) is 2.50. The summed E-state index contributed by atoms with van der Waals surface area (Å²) >= 11 is 12.0. The maximum Gasteiger partial charge on any atom is 0.224 e. The lowest BCUT2D eigenvalue weighted by Gasteiger charge is -2.27. The molecule has 1 saturated carbocycles. The van der Waals surface area contributed by atoms with Crippen LogP contribution in [0, 0.1) is 0 Å². The van der Waals surface area contributed by atoms with Crippen molar-refractivity contribution in [1.82, 2.24) is 9.97 Å². The Morgan fingerprint density at radius 3 is 2.63 bits per heavy atom. The number of nitrogens with zero attached hydrogens (tertiary/aromatic N) is 2. The van der Waals surface area contributed by atoms with E-state index in [0.717, 1.165) is 12.8 Å². The van der Waals surface area contributed by atoms with Crippen LogP contribution >= 0.6 is 23.2 Å². The number of fused-ring (bicyclic) bond motifs is 1.